The first-order chi connectivity index (χ1) is 14.5. The first-order valence-corrected chi connectivity index (χ1v) is 13.7. The Labute approximate surface area is 185 Å². The normalized spacial score (nSPS) is 15.7. The van der Waals surface area contributed by atoms with Gasteiger partial charge in [-0.25, -0.2) is 0 Å². The van der Waals surface area contributed by atoms with E-state index in [0.29, 0.717) is 6.61 Å². The van der Waals surface area contributed by atoms with E-state index in [1.165, 1.54) is 6.07 Å². The van der Waals surface area contributed by atoms with Crippen LogP contribution >= 0.6 is 0 Å². The van der Waals surface area contributed by atoms with Crippen LogP contribution in [0, 0.1) is 10.1 Å². The average Bonchev–Trinajstić information content (AvgIpc) is 2.73. The fourth-order valence-corrected chi connectivity index (χ4v) is 4.20. The summed E-state index contributed by atoms with van der Waals surface area (Å²) in [4.78, 5) is 16.4. The molecule has 8 heteroatoms. The molecule has 31 heavy (non-hydrogen) atoms. The first kappa shape index (κ1) is 23.2. The molecule has 1 saturated heterocycles. The van der Waals surface area contributed by atoms with Crippen molar-refractivity contribution in [2.24, 2.45) is 0 Å². The highest BCUT2D eigenvalue weighted by atomic mass is 28.4. The molecular formula is C23H33N3O4Si. The van der Waals surface area contributed by atoms with Gasteiger partial charge in [0.25, 0.3) is 0 Å². The highest BCUT2D eigenvalue weighted by Crippen LogP contribution is 2.37. The third kappa shape index (κ3) is 6.04. The SMILES string of the molecule is CC(C)(C)[Si](C)(C)OCc1ccc(OC2CCN(c3ccc([N+](=O)[O-])nc3)CC2)cc1. The topological polar surface area (TPSA) is 77.7 Å². The van der Waals surface area contributed by atoms with Gasteiger partial charge in [0.15, 0.2) is 14.5 Å². The van der Waals surface area contributed by atoms with Crippen molar-refractivity contribution in [3.05, 3.63) is 58.3 Å². The Morgan fingerprint density at radius 1 is 1.13 bits per heavy atom. The van der Waals surface area contributed by atoms with Gasteiger partial charge in [0.05, 0.1) is 12.3 Å². The highest BCUT2D eigenvalue weighted by Gasteiger charge is 2.37. The number of nitro groups is 1. The van der Waals surface area contributed by atoms with E-state index >= 15 is 0 Å². The number of rotatable bonds is 7. The third-order valence-electron chi connectivity index (χ3n) is 6.36. The lowest BCUT2D eigenvalue weighted by Crippen LogP contribution is -2.40. The molecule has 0 bridgehead atoms. The Hall–Kier alpha value is -2.45. The summed E-state index contributed by atoms with van der Waals surface area (Å²) in [7, 11) is -1.75. The molecule has 0 atom stereocenters. The number of hydrogen-bond donors (Lipinski definition) is 0. The molecule has 3 rings (SSSR count). The summed E-state index contributed by atoms with van der Waals surface area (Å²) in [6.45, 7) is 13.6. The summed E-state index contributed by atoms with van der Waals surface area (Å²) in [5.74, 6) is 0.756. The minimum atomic E-state index is -1.75. The predicted octanol–water partition coefficient (Wildman–Crippen LogP) is 5.56. The van der Waals surface area contributed by atoms with Gasteiger partial charge in [0.1, 0.15) is 11.9 Å². The lowest BCUT2D eigenvalue weighted by atomic mass is 10.1. The molecule has 0 N–H and O–H groups in total. The molecule has 7 nitrogen and oxygen atoms in total. The number of hydrogen-bond acceptors (Lipinski definition) is 6. The summed E-state index contributed by atoms with van der Waals surface area (Å²) in [6.07, 6.45) is 3.53. The molecule has 2 aromatic rings. The second-order valence-electron chi connectivity index (χ2n) is 9.63. The van der Waals surface area contributed by atoms with E-state index in [-0.39, 0.29) is 17.0 Å². The molecule has 0 aliphatic carbocycles. The van der Waals surface area contributed by atoms with Crippen LogP contribution in [0.25, 0.3) is 0 Å². The molecule has 0 spiro atoms. The van der Waals surface area contributed by atoms with Crippen LogP contribution in [-0.2, 0) is 11.0 Å². The molecule has 1 aliphatic heterocycles. The Morgan fingerprint density at radius 3 is 2.29 bits per heavy atom. The van der Waals surface area contributed by atoms with Crippen molar-refractivity contribution in [2.45, 2.75) is 64.5 Å². The zero-order chi connectivity index (χ0) is 22.6. The van der Waals surface area contributed by atoms with Crippen LogP contribution < -0.4 is 9.64 Å². The number of anilines is 1. The van der Waals surface area contributed by atoms with Crippen LogP contribution in [0.3, 0.4) is 0 Å². The highest BCUT2D eigenvalue weighted by molar-refractivity contribution is 6.74. The quantitative estimate of drug-likeness (QED) is 0.317. The fraction of sp³-hybridized carbons (Fsp3) is 0.522. The summed E-state index contributed by atoms with van der Waals surface area (Å²) >= 11 is 0. The zero-order valence-electron chi connectivity index (χ0n) is 19.1. The van der Waals surface area contributed by atoms with Crippen molar-refractivity contribution >= 4 is 19.8 Å². The van der Waals surface area contributed by atoms with E-state index in [9.17, 15) is 10.1 Å². The molecule has 1 aliphatic rings. The van der Waals surface area contributed by atoms with Crippen molar-refractivity contribution in [3.8, 4) is 5.75 Å². The first-order valence-electron chi connectivity index (χ1n) is 10.8. The standard InChI is InChI=1S/C23H33N3O4Si/c1-23(2,3)31(4,5)29-17-18-6-9-20(10-7-18)30-21-12-14-25(15-13-21)19-8-11-22(24-16-19)26(27)28/h6-11,16,21H,12-15,17H2,1-5H3. The van der Waals surface area contributed by atoms with E-state index in [2.05, 4.69) is 55.9 Å². The molecule has 168 valence electrons. The second-order valence-corrected chi connectivity index (χ2v) is 14.4. The predicted molar refractivity (Wildman–Crippen MR) is 125 cm³/mol. The summed E-state index contributed by atoms with van der Waals surface area (Å²) in [6, 6.07) is 11.4. The van der Waals surface area contributed by atoms with E-state index in [1.54, 1.807) is 12.3 Å². The molecular weight excluding hydrogens is 410 g/mol. The van der Waals surface area contributed by atoms with Gasteiger partial charge < -0.3 is 24.2 Å². The molecule has 1 fully saturated rings. The zero-order valence-corrected chi connectivity index (χ0v) is 20.1. The minimum Gasteiger partial charge on any atom is -0.490 e. The van der Waals surface area contributed by atoms with Gasteiger partial charge in [-0.3, -0.25) is 0 Å². The molecule has 2 heterocycles. The second kappa shape index (κ2) is 9.36. The lowest BCUT2D eigenvalue weighted by Gasteiger charge is -2.36. The van der Waals surface area contributed by atoms with Gasteiger partial charge >= 0.3 is 5.82 Å². The number of benzene rings is 1. The van der Waals surface area contributed by atoms with Crippen LogP contribution in [0.2, 0.25) is 18.1 Å². The molecule has 0 radical (unpaired) electrons. The lowest BCUT2D eigenvalue weighted by molar-refractivity contribution is -0.389. The molecule has 0 amide bonds. The third-order valence-corrected chi connectivity index (χ3v) is 10.8. The Bertz CT molecular complexity index is 871. The molecule has 1 aromatic carbocycles. The van der Waals surface area contributed by atoms with Crippen LogP contribution in [0.4, 0.5) is 11.5 Å². The van der Waals surface area contributed by atoms with Crippen molar-refractivity contribution in [1.82, 2.24) is 4.98 Å². The van der Waals surface area contributed by atoms with Crippen LogP contribution in [0.15, 0.2) is 42.6 Å². The van der Waals surface area contributed by atoms with Gasteiger partial charge in [0.2, 0.25) is 0 Å². The van der Waals surface area contributed by atoms with E-state index < -0.39 is 13.2 Å². The number of aromatic nitrogens is 1. The van der Waals surface area contributed by atoms with Crippen LogP contribution in [0.5, 0.6) is 5.75 Å². The van der Waals surface area contributed by atoms with Gasteiger partial charge in [-0.15, -0.1) is 0 Å². The molecule has 1 aromatic heterocycles. The largest absolute Gasteiger partial charge is 0.490 e. The monoisotopic (exact) mass is 443 g/mol. The van der Waals surface area contributed by atoms with Crippen LogP contribution in [0.1, 0.15) is 39.2 Å². The average molecular weight is 444 g/mol. The number of pyridine rings is 1. The number of piperidine rings is 1. The van der Waals surface area contributed by atoms with Crippen molar-refractivity contribution < 1.29 is 14.1 Å². The van der Waals surface area contributed by atoms with E-state index in [4.69, 9.17) is 9.16 Å². The molecule has 0 unspecified atom stereocenters. The van der Waals surface area contributed by atoms with Crippen molar-refractivity contribution in [3.63, 3.8) is 0 Å². The number of nitrogens with zero attached hydrogens (tertiary/aromatic N) is 3. The minimum absolute atomic E-state index is 0.125. The smallest absolute Gasteiger partial charge is 0.363 e. The maximum atomic E-state index is 10.8. The Morgan fingerprint density at radius 2 is 1.77 bits per heavy atom. The van der Waals surface area contributed by atoms with Gasteiger partial charge in [-0.1, -0.05) is 32.9 Å². The van der Waals surface area contributed by atoms with Crippen molar-refractivity contribution in [2.75, 3.05) is 18.0 Å². The maximum Gasteiger partial charge on any atom is 0.363 e. The fourth-order valence-electron chi connectivity index (χ4n) is 3.24. The van der Waals surface area contributed by atoms with E-state index in [0.717, 1.165) is 42.9 Å². The Balaban J connectivity index is 1.48. The van der Waals surface area contributed by atoms with Gasteiger partial charge in [-0.2, -0.15) is 0 Å². The summed E-state index contributed by atoms with van der Waals surface area (Å²) in [5, 5.41) is 11.0. The Kier molecular flexibility index (Phi) is 7.01. The van der Waals surface area contributed by atoms with Crippen molar-refractivity contribution in [1.29, 1.82) is 0 Å². The summed E-state index contributed by atoms with van der Waals surface area (Å²) in [5.41, 5.74) is 2.08. The summed E-state index contributed by atoms with van der Waals surface area (Å²) < 4.78 is 12.5. The van der Waals surface area contributed by atoms with E-state index in [1.807, 2.05) is 12.1 Å². The van der Waals surface area contributed by atoms with Gasteiger partial charge in [-0.05, 0) is 51.8 Å². The molecule has 0 saturated carbocycles. The number of ether oxygens (including phenoxy) is 1. The van der Waals surface area contributed by atoms with Crippen LogP contribution in [-0.4, -0.2) is 37.4 Å². The van der Waals surface area contributed by atoms with Gasteiger partial charge in [0, 0.05) is 32.0 Å². The maximum absolute atomic E-state index is 10.8.